The molecule has 0 aliphatic heterocycles. The van der Waals surface area contributed by atoms with Crippen molar-refractivity contribution >= 4 is 27.6 Å². The predicted octanol–water partition coefficient (Wildman–Crippen LogP) is 4.67. The Bertz CT molecular complexity index is 1590. The monoisotopic (exact) mass is 544 g/mol. The highest BCUT2D eigenvalue weighted by atomic mass is 32.2. The zero-order valence-corrected chi connectivity index (χ0v) is 22.3. The first-order chi connectivity index (χ1) is 18.7. The molecule has 1 amide bonds. The highest BCUT2D eigenvalue weighted by Crippen LogP contribution is 2.27. The van der Waals surface area contributed by atoms with Crippen LogP contribution in [0.4, 0.5) is 5.69 Å². The highest BCUT2D eigenvalue weighted by Gasteiger charge is 2.23. The van der Waals surface area contributed by atoms with E-state index in [0.29, 0.717) is 5.69 Å². The van der Waals surface area contributed by atoms with E-state index in [1.165, 1.54) is 36.3 Å². The number of rotatable bonds is 9. The molecule has 0 saturated carbocycles. The summed E-state index contributed by atoms with van der Waals surface area (Å²) in [6.07, 6.45) is 0. The van der Waals surface area contributed by atoms with E-state index in [4.69, 9.17) is 4.74 Å². The summed E-state index contributed by atoms with van der Waals surface area (Å²) in [5.74, 6) is -1.62. The van der Waals surface area contributed by atoms with Gasteiger partial charge in [-0.2, -0.15) is 0 Å². The van der Waals surface area contributed by atoms with E-state index in [1.54, 1.807) is 12.1 Å². The van der Waals surface area contributed by atoms with E-state index < -0.39 is 28.4 Å². The molecule has 4 rings (SSSR count). The van der Waals surface area contributed by atoms with E-state index in [-0.39, 0.29) is 22.8 Å². The first kappa shape index (κ1) is 27.6. The first-order valence-corrected chi connectivity index (χ1v) is 13.6. The summed E-state index contributed by atoms with van der Waals surface area (Å²) in [5, 5.41) is 10.1. The van der Waals surface area contributed by atoms with Crippen LogP contribution in [0.5, 0.6) is 5.75 Å². The van der Waals surface area contributed by atoms with Crippen molar-refractivity contribution in [2.24, 2.45) is 0 Å². The molecule has 9 heteroatoms. The predicted molar refractivity (Wildman–Crippen MR) is 149 cm³/mol. The molecule has 0 bridgehead atoms. The number of nitrogens with one attached hydrogen (secondary N) is 1. The maximum Gasteiger partial charge on any atom is 0.341 e. The molecule has 0 aliphatic rings. The van der Waals surface area contributed by atoms with Crippen molar-refractivity contribution in [2.75, 3.05) is 18.6 Å². The Labute approximate surface area is 227 Å². The number of sulfonamides is 1. The molecule has 0 atom stereocenters. The van der Waals surface area contributed by atoms with Gasteiger partial charge in [-0.1, -0.05) is 66.7 Å². The Morgan fingerprint density at radius 3 is 2.21 bits per heavy atom. The largest absolute Gasteiger partial charge is 0.507 e. The molecule has 0 aliphatic carbocycles. The number of methoxy groups -OCH3 is 1. The number of nitrogens with zero attached hydrogens (tertiary/aromatic N) is 1. The summed E-state index contributed by atoms with van der Waals surface area (Å²) in [6.45, 7) is 1.42. The summed E-state index contributed by atoms with van der Waals surface area (Å²) < 4.78 is 33.3. The number of carbonyl (C=O) groups excluding carboxylic acids is 2. The van der Waals surface area contributed by atoms with Gasteiger partial charge in [0.05, 0.1) is 25.1 Å². The summed E-state index contributed by atoms with van der Waals surface area (Å²) in [4.78, 5) is 26.9. The quantitative estimate of drug-likeness (QED) is 0.296. The van der Waals surface area contributed by atoms with Crippen LogP contribution in [0.3, 0.4) is 0 Å². The number of carbonyl (C=O) groups is 2. The topological polar surface area (TPSA) is 113 Å². The number of anilines is 1. The number of aromatic hydroxyl groups is 1. The van der Waals surface area contributed by atoms with Crippen molar-refractivity contribution in [3.8, 4) is 16.9 Å². The number of hydrogen-bond acceptors (Lipinski definition) is 6. The van der Waals surface area contributed by atoms with E-state index in [0.717, 1.165) is 22.3 Å². The van der Waals surface area contributed by atoms with Crippen LogP contribution in [0.2, 0.25) is 0 Å². The SMILES string of the molecule is COC(=O)c1cc(N(Cc2ccccc2)C(=O)CNS(=O)(=O)c2ccc(-c3ccccc3)c(C)c2)ccc1O. The molecule has 0 aromatic heterocycles. The van der Waals surface area contributed by atoms with Crippen LogP contribution < -0.4 is 9.62 Å². The molecule has 0 fully saturated rings. The summed E-state index contributed by atoms with van der Waals surface area (Å²) in [6, 6.07) is 27.7. The Hall–Kier alpha value is -4.47. The number of esters is 1. The van der Waals surface area contributed by atoms with Gasteiger partial charge in [-0.25, -0.2) is 17.9 Å². The standard InChI is InChI=1S/C30H28N2O6S/c1-21-17-25(14-15-26(21)23-11-7-4-8-12-23)39(36,37)31-19-29(34)32(20-22-9-5-3-6-10-22)24-13-16-28(33)27(18-24)30(35)38-2/h3-18,31,33H,19-20H2,1-2H3. The number of ether oxygens (including phenoxy) is 1. The number of hydrogen-bond donors (Lipinski definition) is 2. The van der Waals surface area contributed by atoms with Crippen molar-refractivity contribution in [3.63, 3.8) is 0 Å². The third-order valence-electron chi connectivity index (χ3n) is 6.19. The maximum absolute atomic E-state index is 13.4. The molecule has 8 nitrogen and oxygen atoms in total. The normalized spacial score (nSPS) is 11.1. The van der Waals surface area contributed by atoms with Gasteiger partial charge in [-0.05, 0) is 59.5 Å². The molecule has 200 valence electrons. The molecule has 0 saturated heterocycles. The van der Waals surface area contributed by atoms with Crippen LogP contribution in [0.25, 0.3) is 11.1 Å². The number of aryl methyl sites for hydroxylation is 1. The minimum absolute atomic E-state index is 0.0414. The van der Waals surface area contributed by atoms with Crippen molar-refractivity contribution in [3.05, 3.63) is 114 Å². The van der Waals surface area contributed by atoms with Crippen LogP contribution in [0.1, 0.15) is 21.5 Å². The second kappa shape index (κ2) is 11.9. The van der Waals surface area contributed by atoms with Crippen molar-refractivity contribution in [2.45, 2.75) is 18.4 Å². The molecule has 4 aromatic rings. The first-order valence-electron chi connectivity index (χ1n) is 12.1. The number of phenolic OH excluding ortho intramolecular Hbond substituents is 1. The smallest absolute Gasteiger partial charge is 0.341 e. The van der Waals surface area contributed by atoms with Crippen LogP contribution in [0.15, 0.2) is 102 Å². The minimum atomic E-state index is -4.01. The van der Waals surface area contributed by atoms with Gasteiger partial charge < -0.3 is 14.7 Å². The lowest BCUT2D eigenvalue weighted by Crippen LogP contribution is -2.40. The summed E-state index contributed by atoms with van der Waals surface area (Å²) in [5.41, 5.74) is 3.63. The Kier molecular flexibility index (Phi) is 8.43. The average Bonchev–Trinajstić information content (AvgIpc) is 2.95. The molecule has 4 aromatic carbocycles. The van der Waals surface area contributed by atoms with Crippen LogP contribution >= 0.6 is 0 Å². The fraction of sp³-hybridized carbons (Fsp3) is 0.133. The highest BCUT2D eigenvalue weighted by molar-refractivity contribution is 7.89. The van der Waals surface area contributed by atoms with Gasteiger partial charge in [0.1, 0.15) is 11.3 Å². The second-order valence-corrected chi connectivity index (χ2v) is 10.6. The van der Waals surface area contributed by atoms with Crippen molar-refractivity contribution in [1.82, 2.24) is 4.72 Å². The molecule has 2 N–H and O–H groups in total. The molecule has 0 unspecified atom stereocenters. The van der Waals surface area contributed by atoms with Crippen LogP contribution in [-0.4, -0.2) is 39.1 Å². The van der Waals surface area contributed by atoms with Gasteiger partial charge in [0, 0.05) is 5.69 Å². The van der Waals surface area contributed by atoms with Crippen molar-refractivity contribution in [1.29, 1.82) is 0 Å². The Morgan fingerprint density at radius 1 is 0.897 bits per heavy atom. The zero-order chi connectivity index (χ0) is 28.0. The Balaban J connectivity index is 1.58. The minimum Gasteiger partial charge on any atom is -0.507 e. The van der Waals surface area contributed by atoms with Gasteiger partial charge >= 0.3 is 5.97 Å². The molecular formula is C30H28N2O6S. The lowest BCUT2D eigenvalue weighted by atomic mass is 10.0. The van der Waals surface area contributed by atoms with E-state index >= 15 is 0 Å². The van der Waals surface area contributed by atoms with Crippen molar-refractivity contribution < 1.29 is 27.9 Å². The maximum atomic E-state index is 13.4. The van der Waals surface area contributed by atoms with Gasteiger partial charge in [0.2, 0.25) is 15.9 Å². The third-order valence-corrected chi connectivity index (χ3v) is 7.59. The van der Waals surface area contributed by atoms with E-state index in [2.05, 4.69) is 4.72 Å². The van der Waals surface area contributed by atoms with Gasteiger partial charge in [-0.3, -0.25) is 4.79 Å². The zero-order valence-electron chi connectivity index (χ0n) is 21.5. The van der Waals surface area contributed by atoms with Gasteiger partial charge in [0.15, 0.2) is 0 Å². The Morgan fingerprint density at radius 2 is 1.56 bits per heavy atom. The number of phenols is 1. The molecule has 39 heavy (non-hydrogen) atoms. The summed E-state index contributed by atoms with van der Waals surface area (Å²) in [7, 11) is -2.82. The average molecular weight is 545 g/mol. The lowest BCUT2D eigenvalue weighted by molar-refractivity contribution is -0.117. The fourth-order valence-electron chi connectivity index (χ4n) is 4.14. The molecule has 0 radical (unpaired) electrons. The van der Waals surface area contributed by atoms with Crippen LogP contribution in [-0.2, 0) is 26.1 Å². The molecule has 0 heterocycles. The van der Waals surface area contributed by atoms with Crippen LogP contribution in [0, 0.1) is 6.92 Å². The number of benzene rings is 4. The van der Waals surface area contributed by atoms with Gasteiger partial charge in [-0.15, -0.1) is 0 Å². The lowest BCUT2D eigenvalue weighted by Gasteiger charge is -2.24. The van der Waals surface area contributed by atoms with E-state index in [9.17, 15) is 23.1 Å². The number of amides is 1. The van der Waals surface area contributed by atoms with E-state index in [1.807, 2.05) is 67.6 Å². The summed E-state index contributed by atoms with van der Waals surface area (Å²) >= 11 is 0. The molecular weight excluding hydrogens is 516 g/mol. The molecule has 0 spiro atoms. The fourth-order valence-corrected chi connectivity index (χ4v) is 5.19. The second-order valence-electron chi connectivity index (χ2n) is 8.83. The third kappa shape index (κ3) is 6.51. The van der Waals surface area contributed by atoms with Gasteiger partial charge in [0.25, 0.3) is 0 Å².